The van der Waals surface area contributed by atoms with Crippen molar-refractivity contribution in [2.45, 2.75) is 58.5 Å². The summed E-state index contributed by atoms with van der Waals surface area (Å²) in [4.78, 5) is 2.61. The monoisotopic (exact) mass is 260 g/mol. The number of anilines is 1. The van der Waals surface area contributed by atoms with E-state index in [1.165, 1.54) is 24.1 Å². The van der Waals surface area contributed by atoms with Crippen molar-refractivity contribution in [1.29, 1.82) is 0 Å². The van der Waals surface area contributed by atoms with Crippen molar-refractivity contribution in [2.75, 3.05) is 18.0 Å². The number of nitrogens with one attached hydrogen (secondary N) is 1. The van der Waals surface area contributed by atoms with Gasteiger partial charge in [-0.05, 0) is 36.5 Å². The number of hydrogen-bond acceptors (Lipinski definition) is 2. The molecule has 0 saturated carbocycles. The lowest BCUT2D eigenvalue weighted by molar-refractivity contribution is 0.379. The van der Waals surface area contributed by atoms with Gasteiger partial charge >= 0.3 is 0 Å². The molecule has 2 heteroatoms. The zero-order chi connectivity index (χ0) is 13.8. The molecule has 1 heterocycles. The van der Waals surface area contributed by atoms with Crippen molar-refractivity contribution in [3.63, 3.8) is 0 Å². The van der Waals surface area contributed by atoms with Crippen LogP contribution in [0.15, 0.2) is 24.3 Å². The SMILES string of the molecule is CCC1CN(c2cccc(C(C)C)c2)C(CC)CN1. The summed E-state index contributed by atoms with van der Waals surface area (Å²) in [6.45, 7) is 11.3. The molecule has 1 saturated heterocycles. The van der Waals surface area contributed by atoms with Gasteiger partial charge in [0.05, 0.1) is 0 Å². The third-order valence-electron chi connectivity index (χ3n) is 4.33. The first-order chi connectivity index (χ1) is 9.15. The van der Waals surface area contributed by atoms with Crippen LogP contribution in [-0.2, 0) is 0 Å². The second-order valence-corrected chi connectivity index (χ2v) is 5.98. The van der Waals surface area contributed by atoms with E-state index in [4.69, 9.17) is 0 Å². The molecule has 1 aliphatic rings. The number of rotatable bonds is 4. The van der Waals surface area contributed by atoms with Gasteiger partial charge in [-0.25, -0.2) is 0 Å². The highest BCUT2D eigenvalue weighted by Gasteiger charge is 2.26. The third kappa shape index (κ3) is 3.30. The van der Waals surface area contributed by atoms with Gasteiger partial charge in [0, 0.05) is 30.9 Å². The van der Waals surface area contributed by atoms with E-state index in [0.717, 1.165) is 13.1 Å². The molecule has 0 radical (unpaired) electrons. The Morgan fingerprint density at radius 2 is 2.05 bits per heavy atom. The van der Waals surface area contributed by atoms with E-state index in [0.29, 0.717) is 18.0 Å². The Balaban J connectivity index is 2.23. The summed E-state index contributed by atoms with van der Waals surface area (Å²) in [5.41, 5.74) is 2.84. The minimum atomic E-state index is 0.602. The standard InChI is InChI=1S/C17H28N2/c1-5-15-12-19(16(6-2)11-18-15)17-9-7-8-14(10-17)13(3)4/h7-10,13,15-16,18H,5-6,11-12H2,1-4H3. The van der Waals surface area contributed by atoms with Crippen molar-refractivity contribution in [3.8, 4) is 0 Å². The van der Waals surface area contributed by atoms with E-state index in [2.05, 4.69) is 62.2 Å². The molecule has 2 rings (SSSR count). The molecule has 19 heavy (non-hydrogen) atoms. The molecule has 0 aliphatic carbocycles. The molecular formula is C17H28N2. The molecule has 0 amide bonds. The highest BCUT2D eigenvalue weighted by Crippen LogP contribution is 2.25. The van der Waals surface area contributed by atoms with E-state index in [1.807, 2.05) is 0 Å². The summed E-state index contributed by atoms with van der Waals surface area (Å²) in [5, 5.41) is 3.67. The maximum Gasteiger partial charge on any atom is 0.0412 e. The Hall–Kier alpha value is -1.02. The number of hydrogen-bond donors (Lipinski definition) is 1. The van der Waals surface area contributed by atoms with Crippen LogP contribution in [0.25, 0.3) is 0 Å². The molecule has 2 atom stereocenters. The van der Waals surface area contributed by atoms with Crippen LogP contribution in [0.3, 0.4) is 0 Å². The van der Waals surface area contributed by atoms with Gasteiger partial charge in [-0.15, -0.1) is 0 Å². The van der Waals surface area contributed by atoms with Crippen LogP contribution in [-0.4, -0.2) is 25.2 Å². The summed E-state index contributed by atoms with van der Waals surface area (Å²) in [5.74, 6) is 0.602. The predicted molar refractivity (Wildman–Crippen MR) is 84.0 cm³/mol. The highest BCUT2D eigenvalue weighted by atomic mass is 15.2. The Morgan fingerprint density at radius 3 is 2.68 bits per heavy atom. The lowest BCUT2D eigenvalue weighted by Gasteiger charge is -2.41. The fourth-order valence-electron chi connectivity index (χ4n) is 2.88. The molecule has 1 aliphatic heterocycles. The van der Waals surface area contributed by atoms with Crippen LogP contribution in [0, 0.1) is 0 Å². The number of piperazine rings is 1. The van der Waals surface area contributed by atoms with Gasteiger partial charge < -0.3 is 10.2 Å². The maximum absolute atomic E-state index is 3.67. The molecule has 2 unspecified atom stereocenters. The molecule has 1 aromatic carbocycles. The molecule has 0 spiro atoms. The van der Waals surface area contributed by atoms with Crippen LogP contribution in [0.5, 0.6) is 0 Å². The lowest BCUT2D eigenvalue weighted by Crippen LogP contribution is -2.56. The highest BCUT2D eigenvalue weighted by molar-refractivity contribution is 5.51. The van der Waals surface area contributed by atoms with Gasteiger partial charge in [0.25, 0.3) is 0 Å². The number of nitrogens with zero attached hydrogens (tertiary/aromatic N) is 1. The first kappa shape index (κ1) is 14.4. The molecule has 0 aromatic heterocycles. The normalized spacial score (nSPS) is 23.9. The molecule has 0 bridgehead atoms. The number of benzene rings is 1. The quantitative estimate of drug-likeness (QED) is 0.886. The fourth-order valence-corrected chi connectivity index (χ4v) is 2.88. The van der Waals surface area contributed by atoms with Crippen LogP contribution >= 0.6 is 0 Å². The van der Waals surface area contributed by atoms with Gasteiger partial charge in [0.1, 0.15) is 0 Å². The summed E-state index contributed by atoms with van der Waals surface area (Å²) < 4.78 is 0. The van der Waals surface area contributed by atoms with E-state index >= 15 is 0 Å². The third-order valence-corrected chi connectivity index (χ3v) is 4.33. The van der Waals surface area contributed by atoms with Gasteiger partial charge in [-0.1, -0.05) is 39.8 Å². The average Bonchev–Trinajstić information content (AvgIpc) is 2.46. The second-order valence-electron chi connectivity index (χ2n) is 5.98. The van der Waals surface area contributed by atoms with Crippen molar-refractivity contribution >= 4 is 5.69 Å². The summed E-state index contributed by atoms with van der Waals surface area (Å²) in [7, 11) is 0. The minimum Gasteiger partial charge on any atom is -0.366 e. The van der Waals surface area contributed by atoms with Gasteiger partial charge in [0.15, 0.2) is 0 Å². The van der Waals surface area contributed by atoms with Gasteiger partial charge in [-0.3, -0.25) is 0 Å². The summed E-state index contributed by atoms with van der Waals surface area (Å²) in [6.07, 6.45) is 2.41. The molecule has 1 fully saturated rings. The topological polar surface area (TPSA) is 15.3 Å². The van der Waals surface area contributed by atoms with Crippen molar-refractivity contribution in [1.82, 2.24) is 5.32 Å². The first-order valence-corrected chi connectivity index (χ1v) is 7.75. The van der Waals surface area contributed by atoms with E-state index < -0.39 is 0 Å². The smallest absolute Gasteiger partial charge is 0.0412 e. The molecule has 1 N–H and O–H groups in total. The van der Waals surface area contributed by atoms with Crippen LogP contribution in [0.2, 0.25) is 0 Å². The second kappa shape index (κ2) is 6.42. The largest absolute Gasteiger partial charge is 0.366 e. The predicted octanol–water partition coefficient (Wildman–Crippen LogP) is 3.78. The van der Waals surface area contributed by atoms with Crippen LogP contribution in [0.4, 0.5) is 5.69 Å². The average molecular weight is 260 g/mol. The fraction of sp³-hybridized carbons (Fsp3) is 0.647. The van der Waals surface area contributed by atoms with Crippen molar-refractivity contribution in [3.05, 3.63) is 29.8 Å². The van der Waals surface area contributed by atoms with E-state index in [9.17, 15) is 0 Å². The maximum atomic E-state index is 3.67. The molecule has 1 aromatic rings. The van der Waals surface area contributed by atoms with Crippen molar-refractivity contribution in [2.24, 2.45) is 0 Å². The zero-order valence-electron chi connectivity index (χ0n) is 12.8. The van der Waals surface area contributed by atoms with Gasteiger partial charge in [0.2, 0.25) is 0 Å². The summed E-state index contributed by atoms with van der Waals surface area (Å²) in [6, 6.07) is 10.4. The summed E-state index contributed by atoms with van der Waals surface area (Å²) >= 11 is 0. The molecule has 2 nitrogen and oxygen atoms in total. The van der Waals surface area contributed by atoms with Crippen molar-refractivity contribution < 1.29 is 0 Å². The Morgan fingerprint density at radius 1 is 1.26 bits per heavy atom. The minimum absolute atomic E-state index is 0.602. The Kier molecular flexibility index (Phi) is 4.87. The lowest BCUT2D eigenvalue weighted by atomic mass is 10.00. The van der Waals surface area contributed by atoms with Crippen LogP contribution in [0.1, 0.15) is 52.0 Å². The molecular weight excluding hydrogens is 232 g/mol. The van der Waals surface area contributed by atoms with Crippen LogP contribution < -0.4 is 10.2 Å². The Labute approximate surface area is 118 Å². The molecule has 106 valence electrons. The van der Waals surface area contributed by atoms with E-state index in [1.54, 1.807) is 0 Å². The van der Waals surface area contributed by atoms with E-state index in [-0.39, 0.29) is 0 Å². The zero-order valence-corrected chi connectivity index (χ0v) is 12.8. The first-order valence-electron chi connectivity index (χ1n) is 7.75. The van der Waals surface area contributed by atoms with Gasteiger partial charge in [-0.2, -0.15) is 0 Å². The Bertz CT molecular complexity index is 400.